The van der Waals surface area contributed by atoms with Crippen molar-refractivity contribution in [3.05, 3.63) is 52.4 Å². The maximum Gasteiger partial charge on any atom is 0.336 e. The van der Waals surface area contributed by atoms with Gasteiger partial charge in [-0.3, -0.25) is 0 Å². The molecule has 0 unspecified atom stereocenters. The second kappa shape index (κ2) is 6.97. The lowest BCUT2D eigenvalue weighted by atomic mass is 10.0. The Morgan fingerprint density at radius 2 is 1.71 bits per heavy atom. The van der Waals surface area contributed by atoms with Gasteiger partial charge in [-0.1, -0.05) is 0 Å². The minimum Gasteiger partial charge on any atom is -0.502 e. The molecule has 0 radical (unpaired) electrons. The Kier molecular flexibility index (Phi) is 4.48. The van der Waals surface area contributed by atoms with E-state index in [1.807, 2.05) is 0 Å². The average molecular weight is 386 g/mol. The summed E-state index contributed by atoms with van der Waals surface area (Å²) in [4.78, 5) is 11.7. The molecule has 4 rings (SSSR count). The van der Waals surface area contributed by atoms with Crippen LogP contribution >= 0.6 is 0 Å². The number of hydrogen-bond donors (Lipinski definition) is 2. The summed E-state index contributed by atoms with van der Waals surface area (Å²) in [7, 11) is 2.83. The minimum absolute atomic E-state index is 0.150. The third-order valence-electron chi connectivity index (χ3n) is 4.58. The van der Waals surface area contributed by atoms with Gasteiger partial charge in [0.25, 0.3) is 0 Å². The average Bonchev–Trinajstić information content (AvgIpc) is 2.72. The van der Waals surface area contributed by atoms with E-state index in [1.54, 1.807) is 30.3 Å². The third-order valence-corrected chi connectivity index (χ3v) is 4.58. The van der Waals surface area contributed by atoms with E-state index in [4.69, 9.17) is 23.4 Å². The Morgan fingerprint density at radius 1 is 1.04 bits per heavy atom. The van der Waals surface area contributed by atoms with Crippen LogP contribution in [0.4, 0.5) is 0 Å². The molecule has 0 spiro atoms. The van der Waals surface area contributed by atoms with Crippen molar-refractivity contribution >= 4 is 11.0 Å². The highest BCUT2D eigenvalue weighted by Gasteiger charge is 2.35. The van der Waals surface area contributed by atoms with Crippen molar-refractivity contribution in [2.24, 2.45) is 0 Å². The Bertz CT molecular complexity index is 1060. The lowest BCUT2D eigenvalue weighted by Gasteiger charge is -2.33. The van der Waals surface area contributed by atoms with Gasteiger partial charge in [0.2, 0.25) is 11.5 Å². The highest BCUT2D eigenvalue weighted by Crippen LogP contribution is 2.46. The quantitative estimate of drug-likeness (QED) is 0.658. The van der Waals surface area contributed by atoms with Crippen LogP contribution in [0.2, 0.25) is 0 Å². The third kappa shape index (κ3) is 2.87. The van der Waals surface area contributed by atoms with Gasteiger partial charge in [-0.2, -0.15) is 0 Å². The van der Waals surface area contributed by atoms with Gasteiger partial charge in [-0.05, 0) is 30.3 Å². The molecule has 0 bridgehead atoms. The van der Waals surface area contributed by atoms with Gasteiger partial charge in [-0.25, -0.2) is 4.79 Å². The van der Waals surface area contributed by atoms with Crippen LogP contribution < -0.4 is 24.6 Å². The van der Waals surface area contributed by atoms with Crippen LogP contribution in [0.15, 0.2) is 45.6 Å². The smallest absolute Gasteiger partial charge is 0.336 e. The fraction of sp³-hybridized carbons (Fsp3) is 0.250. The Hall–Kier alpha value is -3.39. The monoisotopic (exact) mass is 386 g/mol. The first kappa shape index (κ1) is 18.0. The van der Waals surface area contributed by atoms with Gasteiger partial charge in [0.05, 0.1) is 20.8 Å². The number of hydrogen-bond acceptors (Lipinski definition) is 8. The van der Waals surface area contributed by atoms with Gasteiger partial charge in [0.1, 0.15) is 0 Å². The molecule has 8 heteroatoms. The number of methoxy groups -OCH3 is 2. The fourth-order valence-corrected chi connectivity index (χ4v) is 3.21. The molecular formula is C20H18O8. The molecule has 2 atom stereocenters. The molecular weight excluding hydrogens is 368 g/mol. The normalized spacial score (nSPS) is 18.1. The highest BCUT2D eigenvalue weighted by molar-refractivity contribution is 5.85. The number of phenols is 1. The number of aliphatic hydroxyl groups is 1. The number of aromatic hydroxyl groups is 1. The highest BCUT2D eigenvalue weighted by atomic mass is 16.6. The molecule has 0 saturated carbocycles. The van der Waals surface area contributed by atoms with E-state index < -0.39 is 17.8 Å². The SMILES string of the molecule is COc1cc([C@H]2Oc3c(ccc4ccc(=O)oc34)O[C@@H]2CO)cc(OC)c1O. The van der Waals surface area contributed by atoms with E-state index in [0.717, 1.165) is 0 Å². The van der Waals surface area contributed by atoms with E-state index in [1.165, 1.54) is 20.3 Å². The molecule has 0 aliphatic carbocycles. The van der Waals surface area contributed by atoms with Crippen molar-refractivity contribution in [2.45, 2.75) is 12.2 Å². The molecule has 3 aromatic rings. The maximum absolute atomic E-state index is 11.7. The van der Waals surface area contributed by atoms with Crippen molar-refractivity contribution in [2.75, 3.05) is 20.8 Å². The maximum atomic E-state index is 11.7. The molecule has 0 saturated heterocycles. The number of fused-ring (bicyclic) bond motifs is 3. The predicted molar refractivity (Wildman–Crippen MR) is 98.6 cm³/mol. The molecule has 28 heavy (non-hydrogen) atoms. The first-order valence-electron chi connectivity index (χ1n) is 8.51. The summed E-state index contributed by atoms with van der Waals surface area (Å²) in [6.07, 6.45) is -1.50. The van der Waals surface area contributed by atoms with Crippen LogP contribution in [-0.2, 0) is 0 Å². The topological polar surface area (TPSA) is 108 Å². The zero-order valence-electron chi connectivity index (χ0n) is 15.2. The van der Waals surface area contributed by atoms with Crippen molar-refractivity contribution in [1.29, 1.82) is 0 Å². The van der Waals surface area contributed by atoms with Gasteiger partial charge in [0, 0.05) is 17.0 Å². The standard InChI is InChI=1S/C20H18O8/c1-24-13-7-11(8-14(25-2)17(13)23)18-15(9-21)26-12-5-3-10-4-6-16(22)27-19(10)20(12)28-18/h3-8,15,18,21,23H,9H2,1-2H3/t15-,18-/m1/s1. The Morgan fingerprint density at radius 3 is 2.36 bits per heavy atom. The number of phenolic OH excluding ortho intramolecular Hbond substituents is 1. The molecule has 0 fully saturated rings. The summed E-state index contributed by atoms with van der Waals surface area (Å²) in [5.74, 6) is 0.836. The molecule has 1 aliphatic rings. The number of ether oxygens (including phenoxy) is 4. The summed E-state index contributed by atoms with van der Waals surface area (Å²) in [5.41, 5.74) is 0.286. The second-order valence-electron chi connectivity index (χ2n) is 6.22. The van der Waals surface area contributed by atoms with Gasteiger partial charge < -0.3 is 33.6 Å². The van der Waals surface area contributed by atoms with Crippen molar-refractivity contribution in [3.63, 3.8) is 0 Å². The van der Waals surface area contributed by atoms with Crippen LogP contribution in [0.25, 0.3) is 11.0 Å². The summed E-state index contributed by atoms with van der Waals surface area (Å²) in [5, 5.41) is 20.6. The van der Waals surface area contributed by atoms with Gasteiger partial charge in [-0.15, -0.1) is 0 Å². The van der Waals surface area contributed by atoms with Crippen molar-refractivity contribution in [3.8, 4) is 28.7 Å². The molecule has 146 valence electrons. The lowest BCUT2D eigenvalue weighted by molar-refractivity contribution is -0.0120. The van der Waals surface area contributed by atoms with E-state index in [-0.39, 0.29) is 35.2 Å². The second-order valence-corrected chi connectivity index (χ2v) is 6.22. The largest absolute Gasteiger partial charge is 0.502 e. The van der Waals surface area contributed by atoms with Crippen LogP contribution in [0.1, 0.15) is 11.7 Å². The van der Waals surface area contributed by atoms with E-state index in [0.29, 0.717) is 16.7 Å². The molecule has 1 aromatic heterocycles. The van der Waals surface area contributed by atoms with E-state index >= 15 is 0 Å². The Balaban J connectivity index is 1.86. The van der Waals surface area contributed by atoms with Crippen LogP contribution in [0.3, 0.4) is 0 Å². The fourth-order valence-electron chi connectivity index (χ4n) is 3.21. The van der Waals surface area contributed by atoms with Crippen LogP contribution in [-0.4, -0.2) is 37.1 Å². The van der Waals surface area contributed by atoms with Crippen LogP contribution in [0.5, 0.6) is 28.7 Å². The first-order valence-corrected chi connectivity index (χ1v) is 8.51. The minimum atomic E-state index is -0.767. The van der Waals surface area contributed by atoms with E-state index in [2.05, 4.69) is 0 Å². The molecule has 2 N–H and O–H groups in total. The molecule has 2 heterocycles. The number of aliphatic hydroxyl groups excluding tert-OH is 1. The predicted octanol–water partition coefficient (Wildman–Crippen LogP) is 2.39. The number of benzene rings is 2. The molecule has 8 nitrogen and oxygen atoms in total. The zero-order chi connectivity index (χ0) is 19.8. The van der Waals surface area contributed by atoms with Crippen molar-refractivity contribution < 1.29 is 33.6 Å². The Labute approximate surface area is 159 Å². The number of rotatable bonds is 4. The summed E-state index contributed by atoms with van der Waals surface area (Å²) in [6, 6.07) is 9.52. The summed E-state index contributed by atoms with van der Waals surface area (Å²) >= 11 is 0. The molecule has 0 amide bonds. The van der Waals surface area contributed by atoms with Gasteiger partial charge >= 0.3 is 5.63 Å². The van der Waals surface area contributed by atoms with Gasteiger partial charge in [0.15, 0.2) is 35.0 Å². The summed E-state index contributed by atoms with van der Waals surface area (Å²) in [6.45, 7) is -0.327. The molecule has 2 aromatic carbocycles. The van der Waals surface area contributed by atoms with Crippen LogP contribution in [0, 0.1) is 0 Å². The summed E-state index contributed by atoms with van der Waals surface area (Å²) < 4.78 is 27.7. The molecule has 1 aliphatic heterocycles. The lowest BCUT2D eigenvalue weighted by Crippen LogP contribution is -2.36. The first-order chi connectivity index (χ1) is 13.5. The van der Waals surface area contributed by atoms with E-state index in [9.17, 15) is 15.0 Å². The zero-order valence-corrected chi connectivity index (χ0v) is 15.2. The van der Waals surface area contributed by atoms with Crippen molar-refractivity contribution in [1.82, 2.24) is 0 Å².